The second-order valence-corrected chi connectivity index (χ2v) is 8.11. The van der Waals surface area contributed by atoms with Crippen LogP contribution in [0.1, 0.15) is 22.6 Å². The molecule has 1 aliphatic heterocycles. The maximum atomic E-state index is 13.4. The summed E-state index contributed by atoms with van der Waals surface area (Å²) in [6.07, 6.45) is 0. The van der Waals surface area contributed by atoms with Crippen LogP contribution in [0.3, 0.4) is 0 Å². The van der Waals surface area contributed by atoms with Gasteiger partial charge in [0.25, 0.3) is 5.91 Å². The molecule has 11 nitrogen and oxygen atoms in total. The van der Waals surface area contributed by atoms with Crippen LogP contribution in [0.2, 0.25) is 0 Å². The molecule has 3 amide bonds. The molecule has 1 heterocycles. The predicted octanol–water partition coefficient (Wildman–Crippen LogP) is 1.14. The Balaban J connectivity index is 1.96. The number of hydrogen-bond acceptors (Lipinski definition) is 8. The van der Waals surface area contributed by atoms with Crippen molar-refractivity contribution in [1.82, 2.24) is 10.9 Å². The van der Waals surface area contributed by atoms with Gasteiger partial charge in [-0.1, -0.05) is 30.3 Å². The van der Waals surface area contributed by atoms with Crippen molar-refractivity contribution < 1.29 is 29.0 Å². The molecule has 0 spiro atoms. The molecular weight excluding hydrogens is 478 g/mol. The number of fused-ring (bicyclic) bond motifs is 1. The van der Waals surface area contributed by atoms with Crippen LogP contribution in [0, 0.1) is 0 Å². The van der Waals surface area contributed by atoms with Crippen LogP contribution in [0.5, 0.6) is 11.5 Å². The van der Waals surface area contributed by atoms with Crippen molar-refractivity contribution in [2.75, 3.05) is 19.5 Å². The summed E-state index contributed by atoms with van der Waals surface area (Å²) in [6.45, 7) is 0. The van der Waals surface area contributed by atoms with Crippen LogP contribution in [0.15, 0.2) is 77.9 Å². The molecule has 3 aromatic carbocycles. The molecule has 3 aromatic rings. The number of carbonyl (C=O) groups excluding carboxylic acids is 3. The SMILES string of the molecule is COc1ccc(/C(=N\NC(=O)C(=O)NN)[C@@H](c2ccc(OC)cc2)[C@@]2(O)C(=O)Nc3ccccc32)cc1. The van der Waals surface area contributed by atoms with E-state index in [0.29, 0.717) is 33.9 Å². The monoisotopic (exact) mass is 503 g/mol. The molecule has 0 aromatic heterocycles. The number of anilines is 1. The van der Waals surface area contributed by atoms with Crippen LogP contribution >= 0.6 is 0 Å². The van der Waals surface area contributed by atoms with Crippen molar-refractivity contribution in [2.45, 2.75) is 11.5 Å². The van der Waals surface area contributed by atoms with E-state index in [1.807, 2.05) is 0 Å². The Morgan fingerprint density at radius 2 is 1.54 bits per heavy atom. The van der Waals surface area contributed by atoms with E-state index in [4.69, 9.17) is 15.3 Å². The quantitative estimate of drug-likeness (QED) is 0.106. The van der Waals surface area contributed by atoms with Crippen molar-refractivity contribution >= 4 is 29.1 Å². The Morgan fingerprint density at radius 3 is 2.14 bits per heavy atom. The number of nitrogens with zero attached hydrogens (tertiary/aromatic N) is 1. The Labute approximate surface area is 212 Å². The summed E-state index contributed by atoms with van der Waals surface area (Å²) in [5.74, 6) is 2.10. The number of amides is 3. The van der Waals surface area contributed by atoms with Gasteiger partial charge in [0, 0.05) is 11.3 Å². The third kappa shape index (κ3) is 4.73. The molecule has 0 radical (unpaired) electrons. The fraction of sp³-hybridized carbons (Fsp3) is 0.154. The van der Waals surface area contributed by atoms with Crippen LogP contribution < -0.4 is 31.5 Å². The Morgan fingerprint density at radius 1 is 0.946 bits per heavy atom. The number of ether oxygens (including phenoxy) is 2. The smallest absolute Gasteiger partial charge is 0.330 e. The van der Waals surface area contributed by atoms with Gasteiger partial charge in [-0.15, -0.1) is 0 Å². The Kier molecular flexibility index (Phi) is 7.18. The molecule has 1 aliphatic rings. The van der Waals surface area contributed by atoms with Crippen LogP contribution in [0.4, 0.5) is 5.69 Å². The fourth-order valence-electron chi connectivity index (χ4n) is 4.23. The maximum Gasteiger partial charge on any atom is 0.330 e. The first-order valence-corrected chi connectivity index (χ1v) is 11.1. The summed E-state index contributed by atoms with van der Waals surface area (Å²) in [5.41, 5.74) is 3.57. The average molecular weight is 504 g/mol. The van der Waals surface area contributed by atoms with Crippen LogP contribution in [-0.4, -0.2) is 42.8 Å². The third-order valence-electron chi connectivity index (χ3n) is 6.07. The van der Waals surface area contributed by atoms with Gasteiger partial charge in [-0.25, -0.2) is 11.3 Å². The molecule has 37 heavy (non-hydrogen) atoms. The first-order chi connectivity index (χ1) is 17.8. The number of hydrazine groups is 1. The summed E-state index contributed by atoms with van der Waals surface area (Å²) in [5, 5.41) is 19.1. The highest BCUT2D eigenvalue weighted by Crippen LogP contribution is 2.47. The summed E-state index contributed by atoms with van der Waals surface area (Å²) < 4.78 is 10.5. The standard InChI is InChI=1S/C26H25N5O6/c1-36-17-11-7-15(8-12-17)21(26(35)19-5-3-4-6-20(19)28-25(26)34)22(30-31-24(33)23(32)29-27)16-9-13-18(37-2)14-10-16/h3-14,21,35H,27H2,1-2H3,(H,28,34)(H,29,32)(H,31,33)/b30-22+/t21-,26-/m1/s1. The summed E-state index contributed by atoms with van der Waals surface area (Å²) in [4.78, 5) is 37.3. The van der Waals surface area contributed by atoms with Gasteiger partial charge in [-0.05, 0) is 53.6 Å². The number of aliphatic hydroxyl groups is 1. The van der Waals surface area contributed by atoms with Crippen molar-refractivity contribution in [1.29, 1.82) is 0 Å². The van der Waals surface area contributed by atoms with E-state index in [2.05, 4.69) is 15.8 Å². The molecule has 0 aliphatic carbocycles. The lowest BCUT2D eigenvalue weighted by atomic mass is 9.73. The number of benzene rings is 3. The molecule has 0 unspecified atom stereocenters. The lowest BCUT2D eigenvalue weighted by Crippen LogP contribution is -2.45. The van der Waals surface area contributed by atoms with E-state index < -0.39 is 29.2 Å². The zero-order valence-electron chi connectivity index (χ0n) is 20.0. The molecule has 6 N–H and O–H groups in total. The van der Waals surface area contributed by atoms with Gasteiger partial charge < -0.3 is 19.9 Å². The maximum absolute atomic E-state index is 13.4. The minimum Gasteiger partial charge on any atom is -0.497 e. The highest BCUT2D eigenvalue weighted by molar-refractivity contribution is 6.35. The van der Waals surface area contributed by atoms with E-state index in [1.54, 1.807) is 78.2 Å². The highest BCUT2D eigenvalue weighted by Gasteiger charge is 2.54. The largest absolute Gasteiger partial charge is 0.497 e. The van der Waals surface area contributed by atoms with E-state index in [-0.39, 0.29) is 5.71 Å². The van der Waals surface area contributed by atoms with E-state index in [9.17, 15) is 19.5 Å². The number of nitrogens with one attached hydrogen (secondary N) is 3. The van der Waals surface area contributed by atoms with Gasteiger partial charge in [-0.2, -0.15) is 5.10 Å². The lowest BCUT2D eigenvalue weighted by molar-refractivity contribution is -0.139. The molecule has 0 bridgehead atoms. The first kappa shape index (κ1) is 25.4. The number of para-hydroxylation sites is 1. The van der Waals surface area contributed by atoms with Crippen molar-refractivity contribution in [2.24, 2.45) is 10.9 Å². The van der Waals surface area contributed by atoms with Gasteiger partial charge in [-0.3, -0.25) is 19.8 Å². The zero-order chi connectivity index (χ0) is 26.6. The summed E-state index contributed by atoms with van der Waals surface area (Å²) in [7, 11) is 3.03. The molecule has 0 fully saturated rings. The van der Waals surface area contributed by atoms with Crippen molar-refractivity contribution in [3.63, 3.8) is 0 Å². The number of methoxy groups -OCH3 is 2. The summed E-state index contributed by atoms with van der Waals surface area (Å²) in [6, 6.07) is 20.1. The lowest BCUT2D eigenvalue weighted by Gasteiger charge is -2.33. The molecule has 0 saturated carbocycles. The Hall–Kier alpha value is -4.74. The highest BCUT2D eigenvalue weighted by atomic mass is 16.5. The predicted molar refractivity (Wildman–Crippen MR) is 135 cm³/mol. The first-order valence-electron chi connectivity index (χ1n) is 11.1. The van der Waals surface area contributed by atoms with Gasteiger partial charge in [0.15, 0.2) is 5.60 Å². The van der Waals surface area contributed by atoms with Gasteiger partial charge in [0.05, 0.1) is 25.8 Å². The van der Waals surface area contributed by atoms with E-state index >= 15 is 0 Å². The normalized spacial score (nSPS) is 17.3. The third-order valence-corrected chi connectivity index (χ3v) is 6.07. The fourth-order valence-corrected chi connectivity index (χ4v) is 4.23. The topological polar surface area (TPSA) is 164 Å². The average Bonchev–Trinajstić information content (AvgIpc) is 3.20. The van der Waals surface area contributed by atoms with Crippen LogP contribution in [-0.2, 0) is 20.0 Å². The van der Waals surface area contributed by atoms with Crippen molar-refractivity contribution in [3.05, 3.63) is 89.5 Å². The number of carbonyl (C=O) groups is 3. The molecule has 2 atom stereocenters. The van der Waals surface area contributed by atoms with E-state index in [1.165, 1.54) is 14.2 Å². The Bertz CT molecular complexity index is 1360. The molecule has 4 rings (SSSR count). The molecule has 11 heteroatoms. The van der Waals surface area contributed by atoms with E-state index in [0.717, 1.165) is 0 Å². The number of rotatable bonds is 7. The molecular formula is C26H25N5O6. The molecule has 190 valence electrons. The minimum atomic E-state index is -2.13. The summed E-state index contributed by atoms with van der Waals surface area (Å²) >= 11 is 0. The van der Waals surface area contributed by atoms with Gasteiger partial charge in [0.2, 0.25) is 0 Å². The zero-order valence-corrected chi connectivity index (χ0v) is 20.0. The number of nitrogens with two attached hydrogens (primary N) is 1. The number of hydrogen-bond donors (Lipinski definition) is 5. The van der Waals surface area contributed by atoms with Gasteiger partial charge >= 0.3 is 11.8 Å². The number of hydrazone groups is 1. The van der Waals surface area contributed by atoms with Gasteiger partial charge in [0.1, 0.15) is 11.5 Å². The van der Waals surface area contributed by atoms with Crippen molar-refractivity contribution in [3.8, 4) is 11.5 Å². The molecule has 0 saturated heterocycles. The van der Waals surface area contributed by atoms with Crippen LogP contribution in [0.25, 0.3) is 0 Å². The second kappa shape index (κ2) is 10.5. The second-order valence-electron chi connectivity index (χ2n) is 8.11. The minimum absolute atomic E-state index is 0.0975.